The summed E-state index contributed by atoms with van der Waals surface area (Å²) in [6.07, 6.45) is 4.90. The van der Waals surface area contributed by atoms with Crippen molar-refractivity contribution in [3.8, 4) is 5.75 Å². The summed E-state index contributed by atoms with van der Waals surface area (Å²) in [6.45, 7) is 4.32. The molecular formula is C17H27NO2. The molecule has 1 atom stereocenters. The second-order valence-corrected chi connectivity index (χ2v) is 5.88. The fraction of sp³-hybridized carbons (Fsp3) is 0.647. The van der Waals surface area contributed by atoms with E-state index in [0.29, 0.717) is 12.1 Å². The number of benzene rings is 1. The summed E-state index contributed by atoms with van der Waals surface area (Å²) in [6, 6.07) is 7.20. The zero-order chi connectivity index (χ0) is 14.5. The number of ether oxygens (including phenoxy) is 1. The third kappa shape index (κ3) is 3.74. The quantitative estimate of drug-likeness (QED) is 0.867. The van der Waals surface area contributed by atoms with E-state index in [0.717, 1.165) is 37.9 Å². The van der Waals surface area contributed by atoms with E-state index >= 15 is 0 Å². The molecule has 0 amide bonds. The van der Waals surface area contributed by atoms with Crippen molar-refractivity contribution in [2.75, 3.05) is 7.11 Å². The van der Waals surface area contributed by atoms with Crippen molar-refractivity contribution in [2.24, 2.45) is 0 Å². The Kier molecular flexibility index (Phi) is 5.44. The van der Waals surface area contributed by atoms with Gasteiger partial charge in [-0.15, -0.1) is 0 Å². The van der Waals surface area contributed by atoms with E-state index in [9.17, 15) is 5.11 Å². The van der Waals surface area contributed by atoms with Gasteiger partial charge in [0, 0.05) is 17.6 Å². The Bertz CT molecular complexity index is 425. The van der Waals surface area contributed by atoms with E-state index in [1.165, 1.54) is 11.1 Å². The molecule has 0 saturated heterocycles. The Balaban J connectivity index is 2.09. The predicted molar refractivity (Wildman–Crippen MR) is 82.2 cm³/mol. The molecular weight excluding hydrogens is 250 g/mol. The second-order valence-electron chi connectivity index (χ2n) is 5.88. The number of nitrogens with one attached hydrogen (secondary N) is 1. The van der Waals surface area contributed by atoms with Crippen LogP contribution >= 0.6 is 0 Å². The Labute approximate surface area is 122 Å². The van der Waals surface area contributed by atoms with Crippen LogP contribution in [0.15, 0.2) is 18.2 Å². The molecule has 1 aromatic carbocycles. The molecule has 2 rings (SSSR count). The molecule has 0 bridgehead atoms. The average Bonchev–Trinajstić information content (AvgIpc) is 2.46. The zero-order valence-electron chi connectivity index (χ0n) is 12.9. The van der Waals surface area contributed by atoms with E-state index in [-0.39, 0.29) is 6.10 Å². The van der Waals surface area contributed by atoms with Crippen molar-refractivity contribution in [2.45, 2.75) is 64.1 Å². The lowest BCUT2D eigenvalue weighted by Crippen LogP contribution is -2.37. The van der Waals surface area contributed by atoms with Gasteiger partial charge in [-0.2, -0.15) is 0 Å². The van der Waals surface area contributed by atoms with Crippen molar-refractivity contribution >= 4 is 0 Å². The summed E-state index contributed by atoms with van der Waals surface area (Å²) in [4.78, 5) is 0. The van der Waals surface area contributed by atoms with Gasteiger partial charge in [0.1, 0.15) is 5.75 Å². The number of aryl methyl sites for hydroxylation is 1. The summed E-state index contributed by atoms with van der Waals surface area (Å²) < 4.78 is 5.51. The van der Waals surface area contributed by atoms with Crippen molar-refractivity contribution in [1.82, 2.24) is 5.32 Å². The van der Waals surface area contributed by atoms with E-state index in [2.05, 4.69) is 37.4 Å². The largest absolute Gasteiger partial charge is 0.496 e. The lowest BCUT2D eigenvalue weighted by atomic mass is 9.91. The molecule has 1 aromatic rings. The van der Waals surface area contributed by atoms with Crippen LogP contribution in [0.4, 0.5) is 0 Å². The van der Waals surface area contributed by atoms with Crippen molar-refractivity contribution in [3.05, 3.63) is 29.3 Å². The van der Waals surface area contributed by atoms with Crippen LogP contribution in [0.3, 0.4) is 0 Å². The van der Waals surface area contributed by atoms with Gasteiger partial charge in [-0.1, -0.05) is 24.6 Å². The van der Waals surface area contributed by atoms with Crippen molar-refractivity contribution in [3.63, 3.8) is 0 Å². The molecule has 0 spiro atoms. The Morgan fingerprint density at radius 2 is 2.00 bits per heavy atom. The summed E-state index contributed by atoms with van der Waals surface area (Å²) >= 11 is 0. The minimum atomic E-state index is -0.0957. The third-order valence-corrected chi connectivity index (χ3v) is 4.30. The third-order valence-electron chi connectivity index (χ3n) is 4.30. The van der Waals surface area contributed by atoms with Crippen LogP contribution in [-0.2, 0) is 0 Å². The Morgan fingerprint density at radius 1 is 1.30 bits per heavy atom. The molecule has 1 fully saturated rings. The molecule has 112 valence electrons. The maximum absolute atomic E-state index is 9.61. The molecule has 3 nitrogen and oxygen atoms in total. The summed E-state index contributed by atoms with van der Waals surface area (Å²) in [5.41, 5.74) is 2.52. The van der Waals surface area contributed by atoms with Gasteiger partial charge in [-0.3, -0.25) is 0 Å². The number of methoxy groups -OCH3 is 1. The van der Waals surface area contributed by atoms with Gasteiger partial charge >= 0.3 is 0 Å². The predicted octanol–water partition coefficient (Wildman–Crippen LogP) is 3.35. The van der Waals surface area contributed by atoms with Crippen LogP contribution in [0.5, 0.6) is 5.75 Å². The number of aliphatic hydroxyl groups excluding tert-OH is 1. The molecule has 2 N–H and O–H groups in total. The van der Waals surface area contributed by atoms with Gasteiger partial charge in [0.2, 0.25) is 0 Å². The maximum Gasteiger partial charge on any atom is 0.123 e. The van der Waals surface area contributed by atoms with Gasteiger partial charge in [-0.25, -0.2) is 0 Å². The molecule has 1 aliphatic rings. The first-order valence-corrected chi connectivity index (χ1v) is 7.72. The normalized spacial score (nSPS) is 24.4. The molecule has 0 aliphatic heterocycles. The summed E-state index contributed by atoms with van der Waals surface area (Å²) in [7, 11) is 1.73. The summed E-state index contributed by atoms with van der Waals surface area (Å²) in [5, 5.41) is 13.4. The second kappa shape index (κ2) is 7.09. The monoisotopic (exact) mass is 277 g/mol. The van der Waals surface area contributed by atoms with Crippen LogP contribution in [-0.4, -0.2) is 24.4 Å². The molecule has 1 saturated carbocycles. The van der Waals surface area contributed by atoms with E-state index in [4.69, 9.17) is 4.74 Å². The topological polar surface area (TPSA) is 41.5 Å². The Hall–Kier alpha value is -1.06. The fourth-order valence-electron chi connectivity index (χ4n) is 3.08. The maximum atomic E-state index is 9.61. The van der Waals surface area contributed by atoms with Crippen LogP contribution in [0.25, 0.3) is 0 Å². The highest BCUT2D eigenvalue weighted by Crippen LogP contribution is 2.30. The lowest BCUT2D eigenvalue weighted by Gasteiger charge is -2.31. The fourth-order valence-corrected chi connectivity index (χ4v) is 3.08. The van der Waals surface area contributed by atoms with Gasteiger partial charge < -0.3 is 15.2 Å². The van der Waals surface area contributed by atoms with Crippen LogP contribution in [0.2, 0.25) is 0 Å². The highest BCUT2D eigenvalue weighted by atomic mass is 16.5. The summed E-state index contributed by atoms with van der Waals surface area (Å²) in [5.74, 6) is 0.964. The number of hydrogen-bond acceptors (Lipinski definition) is 3. The highest BCUT2D eigenvalue weighted by molar-refractivity contribution is 5.39. The molecule has 1 unspecified atom stereocenters. The minimum absolute atomic E-state index is 0.0957. The van der Waals surface area contributed by atoms with Gasteiger partial charge in [0.25, 0.3) is 0 Å². The number of hydrogen-bond donors (Lipinski definition) is 2. The molecule has 3 heteroatoms. The minimum Gasteiger partial charge on any atom is -0.496 e. The standard InChI is InChI=1S/C17H27NO2/c1-4-16(18-13-6-8-14(19)9-7-13)15-11-12(2)5-10-17(15)20-3/h5,10-11,13-14,16,18-19H,4,6-9H2,1-3H3. The van der Waals surface area contributed by atoms with Crippen LogP contribution < -0.4 is 10.1 Å². The number of rotatable bonds is 5. The van der Waals surface area contributed by atoms with Gasteiger partial charge in [-0.05, 0) is 45.1 Å². The zero-order valence-corrected chi connectivity index (χ0v) is 12.9. The van der Waals surface area contributed by atoms with Crippen molar-refractivity contribution < 1.29 is 9.84 Å². The first-order chi connectivity index (χ1) is 9.63. The number of aliphatic hydroxyl groups is 1. The first-order valence-electron chi connectivity index (χ1n) is 7.72. The Morgan fingerprint density at radius 3 is 2.60 bits per heavy atom. The molecule has 0 radical (unpaired) electrons. The average molecular weight is 277 g/mol. The smallest absolute Gasteiger partial charge is 0.123 e. The van der Waals surface area contributed by atoms with E-state index in [1.807, 2.05) is 0 Å². The molecule has 0 heterocycles. The molecule has 0 aromatic heterocycles. The first kappa shape index (κ1) is 15.3. The van der Waals surface area contributed by atoms with Crippen LogP contribution in [0, 0.1) is 6.92 Å². The molecule has 1 aliphatic carbocycles. The van der Waals surface area contributed by atoms with E-state index < -0.39 is 0 Å². The van der Waals surface area contributed by atoms with Gasteiger partial charge in [0.15, 0.2) is 0 Å². The van der Waals surface area contributed by atoms with Crippen LogP contribution in [0.1, 0.15) is 56.2 Å². The SMILES string of the molecule is CCC(NC1CCC(O)CC1)c1cc(C)ccc1OC. The van der Waals surface area contributed by atoms with E-state index in [1.54, 1.807) is 7.11 Å². The van der Waals surface area contributed by atoms with Gasteiger partial charge in [0.05, 0.1) is 13.2 Å². The highest BCUT2D eigenvalue weighted by Gasteiger charge is 2.23. The lowest BCUT2D eigenvalue weighted by molar-refractivity contribution is 0.114. The molecule has 20 heavy (non-hydrogen) atoms. The van der Waals surface area contributed by atoms with Crippen molar-refractivity contribution in [1.29, 1.82) is 0 Å².